The van der Waals surface area contributed by atoms with Crippen LogP contribution < -0.4 is 0 Å². The Bertz CT molecular complexity index is 319. The minimum Gasteiger partial charge on any atom is -0.440 e. The molecule has 0 spiro atoms. The molecule has 1 aromatic carbocycles. The fourth-order valence-corrected chi connectivity index (χ4v) is 1.60. The van der Waals surface area contributed by atoms with Gasteiger partial charge in [-0.25, -0.2) is 4.79 Å². The van der Waals surface area contributed by atoms with Gasteiger partial charge in [-0.3, -0.25) is 0 Å². The molecule has 4 heteroatoms. The topological polar surface area (TPSA) is 44.8 Å². The summed E-state index contributed by atoms with van der Waals surface area (Å²) in [6, 6.07) is 9.22. The fourth-order valence-electron chi connectivity index (χ4n) is 1.60. The number of methoxy groups -OCH3 is 2. The quantitative estimate of drug-likeness (QED) is 0.688. The van der Waals surface area contributed by atoms with Crippen molar-refractivity contribution in [3.8, 4) is 0 Å². The molecule has 0 unspecified atom stereocenters. The van der Waals surface area contributed by atoms with Crippen LogP contribution in [0.5, 0.6) is 0 Å². The maximum atomic E-state index is 10.2. The van der Waals surface area contributed by atoms with E-state index in [0.717, 1.165) is 5.56 Å². The van der Waals surface area contributed by atoms with Crippen LogP contribution in [0.2, 0.25) is 0 Å². The molecule has 0 atom stereocenters. The summed E-state index contributed by atoms with van der Waals surface area (Å²) in [6.07, 6.45) is 0.277. The third kappa shape index (κ3) is 2.23. The van der Waals surface area contributed by atoms with Crippen molar-refractivity contribution in [2.45, 2.75) is 12.7 Å². The standard InChI is InChI=1S/C12H14O4/c1-10(16-9-13)12(14-2,15-3)11-7-5-4-6-8-11/h4-8H,1-3H3. The van der Waals surface area contributed by atoms with Gasteiger partial charge in [0.05, 0.1) is 0 Å². The molecular formula is C12H14O4. The van der Waals surface area contributed by atoms with Crippen molar-refractivity contribution >= 4 is 6.47 Å². The molecule has 1 rings (SSSR count). The number of carbonyl (C=O) groups excluding carboxylic acids is 1. The largest absolute Gasteiger partial charge is 0.440 e. The second kappa shape index (κ2) is 5.63. The summed E-state index contributed by atoms with van der Waals surface area (Å²) in [6.45, 7) is 2.97. The lowest BCUT2D eigenvalue weighted by molar-refractivity contribution is -0.226. The van der Waals surface area contributed by atoms with Crippen LogP contribution in [0.3, 0.4) is 0 Å². The lowest BCUT2D eigenvalue weighted by atomic mass is 10.0. The predicted molar refractivity (Wildman–Crippen MR) is 57.8 cm³/mol. The summed E-state index contributed by atoms with van der Waals surface area (Å²) in [4.78, 5) is 10.2. The third-order valence-corrected chi connectivity index (χ3v) is 2.39. The van der Waals surface area contributed by atoms with E-state index in [9.17, 15) is 4.79 Å². The first kappa shape index (κ1) is 12.7. The van der Waals surface area contributed by atoms with E-state index < -0.39 is 5.79 Å². The highest BCUT2D eigenvalue weighted by molar-refractivity contribution is 5.41. The van der Waals surface area contributed by atoms with Gasteiger partial charge in [-0.2, -0.15) is 0 Å². The van der Waals surface area contributed by atoms with Crippen molar-refractivity contribution in [2.24, 2.45) is 0 Å². The molecule has 1 aromatic rings. The predicted octanol–water partition coefficient (Wildman–Crippen LogP) is 1.77. The Hall–Kier alpha value is -1.39. The van der Waals surface area contributed by atoms with Gasteiger partial charge >= 0.3 is 6.47 Å². The molecule has 0 saturated heterocycles. The summed E-state index contributed by atoms with van der Waals surface area (Å²) in [5.41, 5.74) is 0.743. The molecule has 0 bridgehead atoms. The molecular weight excluding hydrogens is 208 g/mol. The Balaban J connectivity index is 3.09. The summed E-state index contributed by atoms with van der Waals surface area (Å²) >= 11 is 0. The normalized spacial score (nSPS) is 11.5. The molecule has 0 aliphatic carbocycles. The van der Waals surface area contributed by atoms with Gasteiger partial charge < -0.3 is 14.2 Å². The Morgan fingerprint density at radius 2 is 1.75 bits per heavy atom. The Morgan fingerprint density at radius 3 is 2.19 bits per heavy atom. The number of hydrogen-bond acceptors (Lipinski definition) is 4. The van der Waals surface area contributed by atoms with E-state index >= 15 is 0 Å². The highest BCUT2D eigenvalue weighted by Crippen LogP contribution is 2.35. The van der Waals surface area contributed by atoms with Gasteiger partial charge in [0.1, 0.15) is 0 Å². The van der Waals surface area contributed by atoms with Gasteiger partial charge in [0.15, 0.2) is 0 Å². The van der Waals surface area contributed by atoms with Crippen LogP contribution in [0.15, 0.2) is 30.3 Å². The van der Waals surface area contributed by atoms with E-state index in [1.165, 1.54) is 20.7 Å². The number of ether oxygens (including phenoxy) is 3. The van der Waals surface area contributed by atoms with Crippen LogP contribution in [0.4, 0.5) is 0 Å². The van der Waals surface area contributed by atoms with Gasteiger partial charge in [0, 0.05) is 19.8 Å². The first-order valence-corrected chi connectivity index (χ1v) is 4.75. The lowest BCUT2D eigenvalue weighted by Gasteiger charge is -2.33. The minimum absolute atomic E-state index is 0.277. The van der Waals surface area contributed by atoms with Crippen LogP contribution in [-0.2, 0) is 24.8 Å². The first-order chi connectivity index (χ1) is 7.71. The van der Waals surface area contributed by atoms with Crippen LogP contribution in [0.1, 0.15) is 12.5 Å². The molecule has 0 aliphatic rings. The molecule has 2 radical (unpaired) electrons. The van der Waals surface area contributed by atoms with E-state index in [1.54, 1.807) is 6.92 Å². The molecule has 0 aromatic heterocycles. The van der Waals surface area contributed by atoms with Gasteiger partial charge in [0.25, 0.3) is 0 Å². The minimum atomic E-state index is -1.18. The Labute approximate surface area is 95.1 Å². The Kier molecular flexibility index (Phi) is 4.46. The summed E-state index contributed by atoms with van der Waals surface area (Å²) < 4.78 is 15.4. The van der Waals surface area contributed by atoms with Crippen LogP contribution in [0.25, 0.3) is 0 Å². The van der Waals surface area contributed by atoms with Crippen molar-refractivity contribution in [1.29, 1.82) is 0 Å². The zero-order valence-corrected chi connectivity index (χ0v) is 9.52. The van der Waals surface area contributed by atoms with Gasteiger partial charge in [-0.15, -0.1) is 0 Å². The molecule has 4 nitrogen and oxygen atoms in total. The summed E-state index contributed by atoms with van der Waals surface area (Å²) in [5.74, 6) is -1.18. The monoisotopic (exact) mass is 222 g/mol. The van der Waals surface area contributed by atoms with Crippen molar-refractivity contribution in [2.75, 3.05) is 14.2 Å². The maximum absolute atomic E-state index is 10.2. The third-order valence-electron chi connectivity index (χ3n) is 2.39. The summed E-state index contributed by atoms with van der Waals surface area (Å²) in [7, 11) is 2.96. The molecule has 0 saturated carbocycles. The molecule has 0 fully saturated rings. The van der Waals surface area contributed by atoms with Crippen LogP contribution in [-0.4, -0.2) is 20.7 Å². The zero-order valence-electron chi connectivity index (χ0n) is 9.52. The molecule has 86 valence electrons. The van der Waals surface area contributed by atoms with E-state index in [1.807, 2.05) is 30.3 Å². The number of hydrogen-bond donors (Lipinski definition) is 0. The van der Waals surface area contributed by atoms with E-state index in [2.05, 4.69) is 0 Å². The van der Waals surface area contributed by atoms with Gasteiger partial charge in [-0.1, -0.05) is 30.3 Å². The van der Waals surface area contributed by atoms with E-state index in [0.29, 0.717) is 0 Å². The molecule has 16 heavy (non-hydrogen) atoms. The molecule has 0 N–H and O–H groups in total. The zero-order chi connectivity index (χ0) is 12.0. The van der Waals surface area contributed by atoms with Crippen molar-refractivity contribution in [1.82, 2.24) is 0 Å². The average Bonchev–Trinajstić information content (AvgIpc) is 2.33. The first-order valence-electron chi connectivity index (χ1n) is 4.75. The fraction of sp³-hybridized carbons (Fsp3) is 0.333. The average molecular weight is 222 g/mol. The molecule has 0 heterocycles. The van der Waals surface area contributed by atoms with Crippen molar-refractivity contribution in [3.63, 3.8) is 0 Å². The molecule has 0 amide bonds. The SMILES string of the molecule is COC(OC)([C](C)O[C]=O)c1ccccc1. The van der Waals surface area contributed by atoms with Gasteiger partial charge in [0.2, 0.25) is 11.9 Å². The molecule has 0 aliphatic heterocycles. The van der Waals surface area contributed by atoms with Crippen LogP contribution >= 0.6 is 0 Å². The highest BCUT2D eigenvalue weighted by atomic mass is 16.7. The van der Waals surface area contributed by atoms with E-state index in [4.69, 9.17) is 14.2 Å². The van der Waals surface area contributed by atoms with E-state index in [-0.39, 0.29) is 6.10 Å². The highest BCUT2D eigenvalue weighted by Gasteiger charge is 2.41. The van der Waals surface area contributed by atoms with Crippen LogP contribution in [0, 0.1) is 6.10 Å². The summed E-state index contributed by atoms with van der Waals surface area (Å²) in [5, 5.41) is 0. The Morgan fingerprint density at radius 1 is 1.19 bits per heavy atom. The lowest BCUT2D eigenvalue weighted by Crippen LogP contribution is -2.37. The number of benzene rings is 1. The van der Waals surface area contributed by atoms with Gasteiger partial charge in [-0.05, 0) is 6.92 Å². The maximum Gasteiger partial charge on any atom is 0.418 e. The second-order valence-electron chi connectivity index (χ2n) is 3.13. The van der Waals surface area contributed by atoms with Crippen molar-refractivity contribution < 1.29 is 19.0 Å². The van der Waals surface area contributed by atoms with Crippen molar-refractivity contribution in [3.05, 3.63) is 42.0 Å². The second-order valence-corrected chi connectivity index (χ2v) is 3.13. The number of rotatable bonds is 6. The smallest absolute Gasteiger partial charge is 0.418 e.